The van der Waals surface area contributed by atoms with Gasteiger partial charge in [0.25, 0.3) is 5.91 Å². The fraction of sp³-hybridized carbons (Fsp3) is 0.435. The predicted molar refractivity (Wildman–Crippen MR) is 114 cm³/mol. The molecular weight excluding hydrogens is 366 g/mol. The zero-order valence-electron chi connectivity index (χ0n) is 17.3. The molecule has 0 bridgehead atoms. The van der Waals surface area contributed by atoms with Crippen molar-refractivity contribution >= 4 is 5.91 Å². The van der Waals surface area contributed by atoms with E-state index in [1.807, 2.05) is 24.3 Å². The lowest BCUT2D eigenvalue weighted by atomic mass is 10.0. The number of benzene rings is 2. The number of likely N-dealkylation sites (N-methyl/N-ethyl adjacent to an activating group) is 1. The van der Waals surface area contributed by atoms with E-state index in [1.165, 1.54) is 5.56 Å². The average molecular weight is 398 g/mol. The van der Waals surface area contributed by atoms with E-state index in [2.05, 4.69) is 46.3 Å². The van der Waals surface area contributed by atoms with E-state index in [4.69, 9.17) is 9.47 Å². The third-order valence-electron chi connectivity index (χ3n) is 5.40. The number of piperazine rings is 1. The molecule has 0 aromatic heterocycles. The van der Waals surface area contributed by atoms with Crippen molar-refractivity contribution in [1.29, 1.82) is 0 Å². The summed E-state index contributed by atoms with van der Waals surface area (Å²) >= 11 is 0. The Morgan fingerprint density at radius 1 is 1.00 bits per heavy atom. The molecule has 2 aromatic carbocycles. The van der Waals surface area contributed by atoms with Gasteiger partial charge in [-0.2, -0.15) is 0 Å². The summed E-state index contributed by atoms with van der Waals surface area (Å²) in [4.78, 5) is 17.3. The minimum Gasteiger partial charge on any atom is -0.493 e. The molecule has 0 radical (unpaired) electrons. The topological polar surface area (TPSA) is 54.0 Å². The molecule has 1 unspecified atom stereocenters. The normalized spacial score (nSPS) is 16.2. The van der Waals surface area contributed by atoms with Crippen molar-refractivity contribution in [3.05, 3.63) is 60.2 Å². The summed E-state index contributed by atoms with van der Waals surface area (Å²) in [6.07, 6.45) is 0. The van der Waals surface area contributed by atoms with Gasteiger partial charge in [0, 0.05) is 32.7 Å². The smallest absolute Gasteiger partial charge is 0.258 e. The molecule has 1 atom stereocenters. The lowest BCUT2D eigenvalue weighted by molar-refractivity contribution is -0.123. The average Bonchev–Trinajstić information content (AvgIpc) is 2.79. The van der Waals surface area contributed by atoms with Gasteiger partial charge in [0.15, 0.2) is 18.1 Å². The molecule has 1 N–H and O–H groups in total. The van der Waals surface area contributed by atoms with E-state index in [9.17, 15) is 4.79 Å². The second-order valence-electron chi connectivity index (χ2n) is 7.14. The lowest BCUT2D eigenvalue weighted by Gasteiger charge is -2.39. The Balaban J connectivity index is 1.57. The monoisotopic (exact) mass is 397 g/mol. The maximum atomic E-state index is 12.4. The summed E-state index contributed by atoms with van der Waals surface area (Å²) in [5.41, 5.74) is 1.23. The quantitative estimate of drug-likeness (QED) is 0.705. The number of para-hydroxylation sites is 2. The highest BCUT2D eigenvalue weighted by Crippen LogP contribution is 2.25. The summed E-state index contributed by atoms with van der Waals surface area (Å²) in [7, 11) is 1.59. The summed E-state index contributed by atoms with van der Waals surface area (Å²) in [6, 6.07) is 17.9. The summed E-state index contributed by atoms with van der Waals surface area (Å²) in [5, 5.41) is 3.05. The number of amides is 1. The number of hydrogen-bond donors (Lipinski definition) is 1. The number of rotatable bonds is 9. The van der Waals surface area contributed by atoms with Crippen LogP contribution in [0.1, 0.15) is 18.5 Å². The van der Waals surface area contributed by atoms with Crippen molar-refractivity contribution in [3.8, 4) is 11.5 Å². The fourth-order valence-corrected chi connectivity index (χ4v) is 3.67. The Bertz CT molecular complexity index is 761. The molecule has 1 aliphatic heterocycles. The Morgan fingerprint density at radius 2 is 1.66 bits per heavy atom. The molecule has 6 heteroatoms. The first kappa shape index (κ1) is 21.1. The first-order chi connectivity index (χ1) is 14.2. The largest absolute Gasteiger partial charge is 0.493 e. The third kappa shape index (κ3) is 5.95. The molecule has 0 aliphatic carbocycles. The van der Waals surface area contributed by atoms with E-state index in [0.717, 1.165) is 32.7 Å². The van der Waals surface area contributed by atoms with Gasteiger partial charge in [-0.25, -0.2) is 0 Å². The van der Waals surface area contributed by atoms with Crippen molar-refractivity contribution in [1.82, 2.24) is 15.1 Å². The molecule has 1 aliphatic rings. The minimum atomic E-state index is -0.135. The van der Waals surface area contributed by atoms with Crippen LogP contribution in [0.5, 0.6) is 11.5 Å². The van der Waals surface area contributed by atoms with Gasteiger partial charge in [0.2, 0.25) is 0 Å². The predicted octanol–water partition coefficient (Wildman–Crippen LogP) is 2.57. The number of methoxy groups -OCH3 is 1. The number of ether oxygens (including phenoxy) is 2. The van der Waals surface area contributed by atoms with Crippen LogP contribution in [0.3, 0.4) is 0 Å². The highest BCUT2D eigenvalue weighted by molar-refractivity contribution is 5.77. The molecule has 1 heterocycles. The molecule has 0 spiro atoms. The summed E-state index contributed by atoms with van der Waals surface area (Å²) in [5.74, 6) is 1.06. The Morgan fingerprint density at radius 3 is 2.31 bits per heavy atom. The van der Waals surface area contributed by atoms with Crippen LogP contribution in [0.2, 0.25) is 0 Å². The number of nitrogens with one attached hydrogen (secondary N) is 1. The van der Waals surface area contributed by atoms with Crippen LogP contribution in [0.25, 0.3) is 0 Å². The number of carbonyl (C=O) groups excluding carboxylic acids is 1. The van der Waals surface area contributed by atoms with Crippen LogP contribution in [0, 0.1) is 0 Å². The van der Waals surface area contributed by atoms with E-state index in [-0.39, 0.29) is 18.6 Å². The van der Waals surface area contributed by atoms with Gasteiger partial charge >= 0.3 is 0 Å². The van der Waals surface area contributed by atoms with Crippen LogP contribution in [0.4, 0.5) is 0 Å². The number of nitrogens with zero attached hydrogens (tertiary/aromatic N) is 2. The Labute approximate surface area is 173 Å². The maximum Gasteiger partial charge on any atom is 0.258 e. The van der Waals surface area contributed by atoms with Gasteiger partial charge < -0.3 is 19.7 Å². The third-order valence-corrected chi connectivity index (χ3v) is 5.40. The Kier molecular flexibility index (Phi) is 7.90. The lowest BCUT2D eigenvalue weighted by Crippen LogP contribution is -2.49. The zero-order valence-corrected chi connectivity index (χ0v) is 17.3. The SMILES string of the molecule is CCN1CCN(C(CNC(=O)COc2ccccc2OC)c2ccccc2)CC1. The molecule has 29 heavy (non-hydrogen) atoms. The number of hydrogen-bond acceptors (Lipinski definition) is 5. The second kappa shape index (κ2) is 10.8. The van der Waals surface area contributed by atoms with Gasteiger partial charge in [0.05, 0.1) is 13.2 Å². The molecule has 3 rings (SSSR count). The molecule has 156 valence electrons. The molecule has 1 amide bonds. The molecular formula is C23H31N3O3. The van der Waals surface area contributed by atoms with Crippen LogP contribution in [-0.4, -0.2) is 68.7 Å². The highest BCUT2D eigenvalue weighted by atomic mass is 16.5. The Hall–Kier alpha value is -2.57. The van der Waals surface area contributed by atoms with E-state index in [1.54, 1.807) is 13.2 Å². The summed E-state index contributed by atoms with van der Waals surface area (Å²) in [6.45, 7) is 7.93. The van der Waals surface area contributed by atoms with E-state index in [0.29, 0.717) is 18.0 Å². The van der Waals surface area contributed by atoms with Crippen LogP contribution >= 0.6 is 0 Å². The van der Waals surface area contributed by atoms with E-state index < -0.39 is 0 Å². The van der Waals surface area contributed by atoms with Gasteiger partial charge in [-0.05, 0) is 24.2 Å². The first-order valence-corrected chi connectivity index (χ1v) is 10.2. The van der Waals surface area contributed by atoms with E-state index >= 15 is 0 Å². The van der Waals surface area contributed by atoms with Gasteiger partial charge in [0.1, 0.15) is 0 Å². The standard InChI is InChI=1S/C23H31N3O3/c1-3-25-13-15-26(16-14-25)20(19-9-5-4-6-10-19)17-24-23(27)18-29-22-12-8-7-11-21(22)28-2/h4-12,20H,3,13-18H2,1-2H3,(H,24,27). The van der Waals surface area contributed by atoms with Crippen molar-refractivity contribution in [3.63, 3.8) is 0 Å². The van der Waals surface area contributed by atoms with Crippen molar-refractivity contribution in [2.45, 2.75) is 13.0 Å². The van der Waals surface area contributed by atoms with Gasteiger partial charge in [-0.15, -0.1) is 0 Å². The molecule has 2 aromatic rings. The van der Waals surface area contributed by atoms with Crippen molar-refractivity contribution in [2.24, 2.45) is 0 Å². The molecule has 1 fully saturated rings. The van der Waals surface area contributed by atoms with Crippen LogP contribution in [-0.2, 0) is 4.79 Å². The maximum absolute atomic E-state index is 12.4. The molecule has 1 saturated heterocycles. The van der Waals surface area contributed by atoms with Gasteiger partial charge in [-0.3, -0.25) is 9.69 Å². The van der Waals surface area contributed by atoms with Crippen molar-refractivity contribution in [2.75, 3.05) is 53.0 Å². The molecule has 0 saturated carbocycles. The van der Waals surface area contributed by atoms with Crippen LogP contribution < -0.4 is 14.8 Å². The fourth-order valence-electron chi connectivity index (χ4n) is 3.67. The zero-order chi connectivity index (χ0) is 20.5. The van der Waals surface area contributed by atoms with Crippen molar-refractivity contribution < 1.29 is 14.3 Å². The summed E-state index contributed by atoms with van der Waals surface area (Å²) < 4.78 is 10.9. The second-order valence-corrected chi connectivity index (χ2v) is 7.14. The number of carbonyl (C=O) groups is 1. The minimum absolute atomic E-state index is 0.0362. The van der Waals surface area contributed by atoms with Crippen LogP contribution in [0.15, 0.2) is 54.6 Å². The highest BCUT2D eigenvalue weighted by Gasteiger charge is 2.25. The van der Waals surface area contributed by atoms with Gasteiger partial charge in [-0.1, -0.05) is 49.4 Å². The first-order valence-electron chi connectivity index (χ1n) is 10.2. The molecule has 6 nitrogen and oxygen atoms in total.